The van der Waals surface area contributed by atoms with E-state index in [1.165, 1.54) is 0 Å². The zero-order valence-corrected chi connectivity index (χ0v) is 11.8. The van der Waals surface area contributed by atoms with Gasteiger partial charge in [0.25, 0.3) is 0 Å². The lowest BCUT2D eigenvalue weighted by Crippen LogP contribution is -1.98. The molecule has 0 unspecified atom stereocenters. The molecule has 0 saturated heterocycles. The zero-order chi connectivity index (χ0) is 13.4. The highest BCUT2D eigenvalue weighted by Gasteiger charge is 2.08. The molecule has 0 aliphatic carbocycles. The lowest BCUT2D eigenvalue weighted by atomic mass is 10.3. The molecule has 2 aromatic heterocycles. The predicted molar refractivity (Wildman–Crippen MR) is 77.5 cm³/mol. The number of fused-ring (bicyclic) bond motifs is 1. The van der Waals surface area contributed by atoms with E-state index in [4.69, 9.17) is 10.5 Å². The van der Waals surface area contributed by atoms with E-state index in [-0.39, 0.29) is 5.95 Å². The molecule has 2 N–H and O–H groups in total. The van der Waals surface area contributed by atoms with Crippen molar-refractivity contribution in [3.8, 4) is 11.4 Å². The van der Waals surface area contributed by atoms with Crippen molar-refractivity contribution in [2.75, 3.05) is 12.8 Å². The van der Waals surface area contributed by atoms with E-state index in [2.05, 4.69) is 25.9 Å². The Morgan fingerprint density at radius 3 is 2.89 bits per heavy atom. The first-order chi connectivity index (χ1) is 9.19. The molecular weight excluding hydrogens is 308 g/mol. The maximum atomic E-state index is 5.64. The van der Waals surface area contributed by atoms with E-state index in [1.54, 1.807) is 13.3 Å². The fourth-order valence-electron chi connectivity index (χ4n) is 1.94. The molecular formula is C13H11BrN4O. The summed E-state index contributed by atoms with van der Waals surface area (Å²) in [4.78, 5) is 8.25. The predicted octanol–water partition coefficient (Wildman–Crippen LogP) is 2.77. The third kappa shape index (κ3) is 2.04. The summed E-state index contributed by atoms with van der Waals surface area (Å²) in [6.45, 7) is 0. The van der Waals surface area contributed by atoms with Crippen molar-refractivity contribution >= 4 is 32.9 Å². The highest BCUT2D eigenvalue weighted by atomic mass is 79.9. The summed E-state index contributed by atoms with van der Waals surface area (Å²) in [6.07, 6.45) is 3.65. The van der Waals surface area contributed by atoms with E-state index in [9.17, 15) is 0 Å². The highest BCUT2D eigenvalue weighted by molar-refractivity contribution is 9.10. The van der Waals surface area contributed by atoms with Crippen LogP contribution in [0.4, 0.5) is 5.95 Å². The minimum Gasteiger partial charge on any atom is -0.496 e. The Balaban J connectivity index is 2.18. The number of nitrogens with zero attached hydrogens (tertiary/aromatic N) is 3. The van der Waals surface area contributed by atoms with Gasteiger partial charge in [-0.05, 0) is 40.2 Å². The van der Waals surface area contributed by atoms with Gasteiger partial charge in [0.1, 0.15) is 11.4 Å². The number of nitrogen functional groups attached to an aromatic ring is 1. The van der Waals surface area contributed by atoms with Crippen LogP contribution in [0.1, 0.15) is 0 Å². The average Bonchev–Trinajstić information content (AvgIpc) is 2.81. The van der Waals surface area contributed by atoms with Crippen molar-refractivity contribution in [1.29, 1.82) is 0 Å². The van der Waals surface area contributed by atoms with Crippen LogP contribution in [0.3, 0.4) is 0 Å². The molecule has 1 aromatic carbocycles. The van der Waals surface area contributed by atoms with Crippen LogP contribution < -0.4 is 10.5 Å². The number of benzene rings is 1. The van der Waals surface area contributed by atoms with Gasteiger partial charge < -0.3 is 15.0 Å². The molecule has 19 heavy (non-hydrogen) atoms. The summed E-state index contributed by atoms with van der Waals surface area (Å²) in [7, 11) is 1.64. The molecule has 0 bridgehead atoms. The monoisotopic (exact) mass is 318 g/mol. The summed E-state index contributed by atoms with van der Waals surface area (Å²) < 4.78 is 8.06. The number of hydrogen-bond acceptors (Lipinski definition) is 4. The van der Waals surface area contributed by atoms with Crippen LogP contribution in [0.2, 0.25) is 0 Å². The molecule has 0 aliphatic rings. The van der Waals surface area contributed by atoms with Gasteiger partial charge in [-0.3, -0.25) is 0 Å². The molecule has 0 amide bonds. The topological polar surface area (TPSA) is 66.0 Å². The van der Waals surface area contributed by atoms with E-state index >= 15 is 0 Å². The molecule has 96 valence electrons. The number of halogens is 1. The van der Waals surface area contributed by atoms with Crippen molar-refractivity contribution in [2.24, 2.45) is 0 Å². The van der Waals surface area contributed by atoms with Crippen molar-refractivity contribution in [1.82, 2.24) is 14.5 Å². The Kier molecular flexibility index (Phi) is 2.87. The number of rotatable bonds is 2. The standard InChI is InChI=1S/C13H11BrN4O/c1-19-11-3-2-9(6-10(11)14)18-5-4-8-7-16-13(15)17-12(8)18/h2-7H,1H3,(H2,15,16,17). The maximum Gasteiger partial charge on any atom is 0.221 e. The molecule has 0 atom stereocenters. The first-order valence-corrected chi connectivity index (χ1v) is 6.42. The van der Waals surface area contributed by atoms with Crippen molar-refractivity contribution in [3.05, 3.63) is 41.1 Å². The van der Waals surface area contributed by atoms with Crippen molar-refractivity contribution in [3.63, 3.8) is 0 Å². The second-order valence-electron chi connectivity index (χ2n) is 4.01. The van der Waals surface area contributed by atoms with Gasteiger partial charge in [0, 0.05) is 23.5 Å². The summed E-state index contributed by atoms with van der Waals surface area (Å²) >= 11 is 3.48. The number of methoxy groups -OCH3 is 1. The van der Waals surface area contributed by atoms with Gasteiger partial charge in [0.15, 0.2) is 0 Å². The number of aromatic nitrogens is 3. The van der Waals surface area contributed by atoms with Crippen LogP contribution in [-0.4, -0.2) is 21.6 Å². The van der Waals surface area contributed by atoms with E-state index in [1.807, 2.05) is 35.0 Å². The van der Waals surface area contributed by atoms with Gasteiger partial charge in [-0.1, -0.05) is 0 Å². The smallest absolute Gasteiger partial charge is 0.221 e. The Hall–Kier alpha value is -2.08. The third-order valence-corrected chi connectivity index (χ3v) is 3.48. The fourth-order valence-corrected chi connectivity index (χ4v) is 2.47. The molecule has 0 aliphatic heterocycles. The maximum absolute atomic E-state index is 5.64. The number of hydrogen-bond donors (Lipinski definition) is 1. The van der Waals surface area contributed by atoms with Crippen LogP contribution in [0.25, 0.3) is 16.7 Å². The van der Waals surface area contributed by atoms with Gasteiger partial charge in [0.2, 0.25) is 5.95 Å². The van der Waals surface area contributed by atoms with E-state index in [0.29, 0.717) is 0 Å². The van der Waals surface area contributed by atoms with Crippen molar-refractivity contribution in [2.45, 2.75) is 0 Å². The molecule has 0 fully saturated rings. The Morgan fingerprint density at radius 1 is 1.32 bits per heavy atom. The summed E-state index contributed by atoms with van der Waals surface area (Å²) in [5.41, 5.74) is 7.40. The van der Waals surface area contributed by atoms with Crippen molar-refractivity contribution < 1.29 is 4.74 Å². The van der Waals surface area contributed by atoms with Crippen LogP contribution >= 0.6 is 15.9 Å². The van der Waals surface area contributed by atoms with Crippen LogP contribution in [-0.2, 0) is 0 Å². The number of nitrogens with two attached hydrogens (primary N) is 1. The summed E-state index contributed by atoms with van der Waals surface area (Å²) in [5, 5.41) is 0.946. The largest absolute Gasteiger partial charge is 0.496 e. The minimum atomic E-state index is 0.264. The lowest BCUT2D eigenvalue weighted by Gasteiger charge is -2.08. The van der Waals surface area contributed by atoms with Gasteiger partial charge >= 0.3 is 0 Å². The SMILES string of the molecule is COc1ccc(-n2ccc3cnc(N)nc32)cc1Br. The van der Waals surface area contributed by atoms with Gasteiger partial charge in [-0.2, -0.15) is 4.98 Å². The van der Waals surface area contributed by atoms with E-state index in [0.717, 1.165) is 26.9 Å². The Bertz CT molecular complexity index is 753. The lowest BCUT2D eigenvalue weighted by molar-refractivity contribution is 0.412. The summed E-state index contributed by atoms with van der Waals surface area (Å²) in [6, 6.07) is 7.78. The quantitative estimate of drug-likeness (QED) is 0.789. The second kappa shape index (κ2) is 4.55. The molecule has 2 heterocycles. The zero-order valence-electron chi connectivity index (χ0n) is 10.2. The molecule has 6 heteroatoms. The molecule has 3 rings (SSSR count). The highest BCUT2D eigenvalue weighted by Crippen LogP contribution is 2.28. The fraction of sp³-hybridized carbons (Fsp3) is 0.0769. The van der Waals surface area contributed by atoms with Crippen LogP contribution in [0.15, 0.2) is 41.1 Å². The second-order valence-corrected chi connectivity index (χ2v) is 4.87. The van der Waals surface area contributed by atoms with Gasteiger partial charge in [-0.25, -0.2) is 4.98 Å². The Labute approximate surface area is 118 Å². The van der Waals surface area contributed by atoms with Crippen LogP contribution in [0.5, 0.6) is 5.75 Å². The number of anilines is 1. The first kappa shape index (κ1) is 12.0. The molecule has 3 aromatic rings. The Morgan fingerprint density at radius 2 is 2.16 bits per heavy atom. The molecule has 0 saturated carbocycles. The first-order valence-electron chi connectivity index (χ1n) is 5.62. The van der Waals surface area contributed by atoms with Gasteiger partial charge in [0.05, 0.1) is 11.6 Å². The normalized spacial score (nSPS) is 10.8. The molecule has 5 nitrogen and oxygen atoms in total. The minimum absolute atomic E-state index is 0.264. The van der Waals surface area contributed by atoms with Crippen LogP contribution in [0, 0.1) is 0 Å². The van der Waals surface area contributed by atoms with Gasteiger partial charge in [-0.15, -0.1) is 0 Å². The molecule has 0 spiro atoms. The third-order valence-electron chi connectivity index (χ3n) is 2.86. The van der Waals surface area contributed by atoms with E-state index < -0.39 is 0 Å². The summed E-state index contributed by atoms with van der Waals surface area (Å²) in [5.74, 6) is 1.05. The number of ether oxygens (including phenoxy) is 1. The average molecular weight is 319 g/mol. The molecule has 0 radical (unpaired) electrons.